The lowest BCUT2D eigenvalue weighted by Gasteiger charge is -2.10. The van der Waals surface area contributed by atoms with Crippen LogP contribution in [-0.4, -0.2) is 24.3 Å². The largest absolute Gasteiger partial charge is 0.454 e. The third-order valence-electron chi connectivity index (χ3n) is 5.43. The second-order valence-corrected chi connectivity index (χ2v) is 8.51. The van der Waals surface area contributed by atoms with Crippen molar-refractivity contribution >= 4 is 16.6 Å². The summed E-state index contributed by atoms with van der Waals surface area (Å²) >= 11 is 0. The van der Waals surface area contributed by atoms with Gasteiger partial charge in [0.15, 0.2) is 0 Å². The fourth-order valence-electron chi connectivity index (χ4n) is 3.76. The molecular weight excluding hydrogens is 450 g/mol. The minimum atomic E-state index is -2.85. The summed E-state index contributed by atoms with van der Waals surface area (Å²) in [7, 11) is -2.85. The van der Waals surface area contributed by atoms with E-state index in [1.54, 1.807) is 12.1 Å². The highest BCUT2D eigenvalue weighted by Crippen LogP contribution is 2.25. The Morgan fingerprint density at radius 3 is 2.41 bits per heavy atom. The van der Waals surface area contributed by atoms with Crippen LogP contribution in [0.25, 0.3) is 16.8 Å². The van der Waals surface area contributed by atoms with Gasteiger partial charge in [-0.1, -0.05) is 64.5 Å². The highest BCUT2D eigenvalue weighted by atomic mass is 32.2. The summed E-state index contributed by atoms with van der Waals surface area (Å²) in [6.07, 6.45) is 2.20. The van der Waals surface area contributed by atoms with Crippen LogP contribution in [0.15, 0.2) is 83.4 Å². The monoisotopic (exact) mass is 473 g/mol. The van der Waals surface area contributed by atoms with E-state index in [0.717, 1.165) is 39.2 Å². The lowest BCUT2D eigenvalue weighted by molar-refractivity contribution is 0.211. The molecule has 34 heavy (non-hydrogen) atoms. The minimum Gasteiger partial charge on any atom is -0.408 e. The Balaban J connectivity index is 1.48. The van der Waals surface area contributed by atoms with Gasteiger partial charge in [-0.15, -0.1) is 0 Å². The van der Waals surface area contributed by atoms with Gasteiger partial charge in [-0.3, -0.25) is 0 Å². The van der Waals surface area contributed by atoms with E-state index in [4.69, 9.17) is 4.74 Å². The average Bonchev–Trinajstić information content (AvgIpc) is 3.21. The van der Waals surface area contributed by atoms with E-state index in [0.29, 0.717) is 18.6 Å². The molecule has 0 bridgehead atoms. The van der Waals surface area contributed by atoms with Crippen molar-refractivity contribution in [2.24, 2.45) is 4.36 Å². The van der Waals surface area contributed by atoms with Crippen molar-refractivity contribution in [3.8, 4) is 22.6 Å². The summed E-state index contributed by atoms with van der Waals surface area (Å²) in [6, 6.07) is 23.7. The van der Waals surface area contributed by atoms with Gasteiger partial charge in [-0.05, 0) is 61.6 Å². The molecule has 4 rings (SSSR count). The molecule has 7 nitrogen and oxygen atoms in total. The Labute approximate surface area is 199 Å². The van der Waals surface area contributed by atoms with Crippen LogP contribution in [0.3, 0.4) is 0 Å². The van der Waals surface area contributed by atoms with Gasteiger partial charge in [0.1, 0.15) is 5.75 Å². The number of ether oxygens (including phenoxy) is 1. The van der Waals surface area contributed by atoms with E-state index in [9.17, 15) is 13.2 Å². The summed E-state index contributed by atoms with van der Waals surface area (Å²) < 4.78 is 31.1. The highest BCUT2D eigenvalue weighted by Gasteiger charge is 2.11. The molecule has 3 aromatic carbocycles. The molecule has 0 aliphatic rings. The number of hydrogen-bond donors (Lipinski definition) is 0. The Bertz CT molecular complexity index is 1450. The molecule has 0 saturated heterocycles. The van der Waals surface area contributed by atoms with Gasteiger partial charge in [-0.2, -0.15) is 13.5 Å². The zero-order chi connectivity index (χ0) is 24.1. The molecule has 8 heteroatoms. The van der Waals surface area contributed by atoms with Crippen LogP contribution >= 0.6 is 0 Å². The van der Waals surface area contributed by atoms with Crippen LogP contribution < -0.4 is 4.74 Å². The third-order valence-corrected chi connectivity index (χ3v) is 5.73. The molecule has 0 N–H and O–H groups in total. The van der Waals surface area contributed by atoms with Crippen LogP contribution in [0.5, 0.6) is 5.75 Å². The lowest BCUT2D eigenvalue weighted by Crippen LogP contribution is -2.05. The van der Waals surface area contributed by atoms with E-state index in [1.165, 1.54) is 0 Å². The van der Waals surface area contributed by atoms with Crippen LogP contribution in [0.1, 0.15) is 22.4 Å². The molecule has 4 aromatic rings. The summed E-state index contributed by atoms with van der Waals surface area (Å²) in [5.74, 6) is 0.307. The number of amides is 1. The number of carbonyl (C=O) groups is 1. The van der Waals surface area contributed by atoms with Gasteiger partial charge in [0.25, 0.3) is 0 Å². The predicted octanol–water partition coefficient (Wildman–Crippen LogP) is 5.50. The quantitative estimate of drug-likeness (QED) is 0.369. The van der Waals surface area contributed by atoms with Crippen molar-refractivity contribution < 1.29 is 17.9 Å². The maximum absolute atomic E-state index is 11.6. The molecule has 0 aliphatic heterocycles. The zero-order valence-electron chi connectivity index (χ0n) is 18.8. The van der Waals surface area contributed by atoms with Crippen LogP contribution in [-0.2, 0) is 23.3 Å². The van der Waals surface area contributed by atoms with Crippen molar-refractivity contribution in [2.45, 2.75) is 26.7 Å². The predicted molar refractivity (Wildman–Crippen MR) is 130 cm³/mol. The van der Waals surface area contributed by atoms with E-state index in [-0.39, 0.29) is 0 Å². The van der Waals surface area contributed by atoms with Gasteiger partial charge in [-0.25, -0.2) is 9.48 Å². The third kappa shape index (κ3) is 5.65. The first-order valence-corrected chi connectivity index (χ1v) is 11.8. The fourth-order valence-corrected chi connectivity index (χ4v) is 3.92. The number of rotatable bonds is 6. The summed E-state index contributed by atoms with van der Waals surface area (Å²) in [5, 5.41) is 4.67. The Kier molecular flexibility index (Phi) is 6.98. The Morgan fingerprint density at radius 1 is 0.971 bits per heavy atom. The first-order chi connectivity index (χ1) is 16.4. The highest BCUT2D eigenvalue weighted by molar-refractivity contribution is 7.62. The normalized spacial score (nSPS) is 10.6. The van der Waals surface area contributed by atoms with E-state index >= 15 is 0 Å². The fraction of sp³-hybridized carbons (Fsp3) is 0.154. The average molecular weight is 474 g/mol. The molecule has 0 radical (unpaired) electrons. The van der Waals surface area contributed by atoms with Gasteiger partial charge >= 0.3 is 16.6 Å². The summed E-state index contributed by atoms with van der Waals surface area (Å²) in [6.45, 7) is 3.94. The van der Waals surface area contributed by atoms with E-state index in [1.807, 2.05) is 73.3 Å². The molecular formula is C26H23N3O4S. The first kappa shape index (κ1) is 23.1. The number of aromatic nitrogens is 2. The van der Waals surface area contributed by atoms with Crippen molar-refractivity contribution in [2.75, 3.05) is 0 Å². The summed E-state index contributed by atoms with van der Waals surface area (Å²) in [4.78, 5) is 11.6. The van der Waals surface area contributed by atoms with E-state index in [2.05, 4.69) is 21.6 Å². The molecule has 0 spiro atoms. The van der Waals surface area contributed by atoms with Gasteiger partial charge in [0, 0.05) is 11.8 Å². The van der Waals surface area contributed by atoms with Crippen molar-refractivity contribution in [3.63, 3.8) is 0 Å². The van der Waals surface area contributed by atoms with Crippen LogP contribution in [0, 0.1) is 13.8 Å². The van der Waals surface area contributed by atoms with Crippen molar-refractivity contribution in [1.29, 1.82) is 0 Å². The number of benzene rings is 3. The Hall–Kier alpha value is -4.04. The van der Waals surface area contributed by atoms with Crippen LogP contribution in [0.2, 0.25) is 0 Å². The molecule has 0 aliphatic carbocycles. The lowest BCUT2D eigenvalue weighted by atomic mass is 10.0. The zero-order valence-corrected chi connectivity index (χ0v) is 19.6. The second-order valence-electron chi connectivity index (χ2n) is 7.89. The van der Waals surface area contributed by atoms with Gasteiger partial charge in [0.05, 0.1) is 11.4 Å². The standard InChI is InChI=1S/C26H23N3O4S/c1-18-8-15-25(33-26(30)28-34(31)32)22(16-18)12-9-20-10-13-23(14-11-20)29-17-24(19(2)27-29)21-6-4-3-5-7-21/h3-8,10-11,13-17H,9,12H2,1-2H3. The topological polar surface area (TPSA) is 90.6 Å². The maximum Gasteiger partial charge on any atom is 0.454 e. The molecule has 0 saturated carbocycles. The number of carbonyl (C=O) groups excluding carboxylic acids is 1. The molecule has 172 valence electrons. The van der Waals surface area contributed by atoms with Crippen molar-refractivity contribution in [3.05, 3.63) is 101 Å². The van der Waals surface area contributed by atoms with Gasteiger partial charge in [0.2, 0.25) is 0 Å². The molecule has 0 unspecified atom stereocenters. The van der Waals surface area contributed by atoms with E-state index < -0.39 is 16.6 Å². The van der Waals surface area contributed by atoms with Crippen LogP contribution in [0.4, 0.5) is 4.79 Å². The molecule has 1 aromatic heterocycles. The maximum atomic E-state index is 11.6. The number of aryl methyl sites for hydroxylation is 4. The molecule has 0 fully saturated rings. The molecule has 0 atom stereocenters. The smallest absolute Gasteiger partial charge is 0.408 e. The molecule has 1 amide bonds. The summed E-state index contributed by atoms with van der Waals surface area (Å²) in [5.41, 5.74) is 7.08. The Morgan fingerprint density at radius 2 is 1.71 bits per heavy atom. The molecule has 1 heterocycles. The number of nitrogens with zero attached hydrogens (tertiary/aromatic N) is 3. The van der Waals surface area contributed by atoms with Gasteiger partial charge < -0.3 is 4.74 Å². The number of hydrogen-bond acceptors (Lipinski definition) is 5. The SMILES string of the molecule is Cc1ccc(OC(=O)N=S(=O)=O)c(CCc2ccc(-n3cc(-c4ccccc4)c(C)n3)cc2)c1. The van der Waals surface area contributed by atoms with Crippen molar-refractivity contribution in [1.82, 2.24) is 9.78 Å². The second kappa shape index (κ2) is 10.3. The first-order valence-electron chi connectivity index (χ1n) is 10.7. The minimum absolute atomic E-state index is 0.307.